The van der Waals surface area contributed by atoms with Crippen LogP contribution < -0.4 is 80.6 Å². The molecule has 0 aliphatic heterocycles. The Bertz CT molecular complexity index is 5640. The van der Waals surface area contributed by atoms with E-state index in [1.807, 2.05) is 84.1 Å². The van der Waals surface area contributed by atoms with E-state index >= 15 is 0 Å². The maximum absolute atomic E-state index is 9.36. The first-order valence-electron chi connectivity index (χ1n) is 40.1. The molecule has 127 heavy (non-hydrogen) atoms. The largest absolute Gasteiger partial charge is 0.509 e. The molecule has 0 saturated heterocycles. The van der Waals surface area contributed by atoms with Gasteiger partial charge in [0.2, 0.25) is 0 Å². The third kappa shape index (κ3) is 28.9. The van der Waals surface area contributed by atoms with Crippen LogP contribution in [0, 0.1) is 0 Å². The third-order valence-corrected chi connectivity index (χ3v) is 32.0. The van der Waals surface area contributed by atoms with Crippen LogP contribution in [-0.4, -0.2) is 88.0 Å². The zero-order chi connectivity index (χ0) is 85.7. The van der Waals surface area contributed by atoms with Crippen molar-refractivity contribution in [2.45, 2.75) is 0 Å². The molecule has 18 heteroatoms. The summed E-state index contributed by atoms with van der Waals surface area (Å²) in [6, 6.07) is 174. The number of hydrogen-bond donors (Lipinski definition) is 5. The molecular formula is C109H89BBrN2Na2O5P4PdS2-. The molecule has 0 aliphatic rings. The van der Waals surface area contributed by atoms with Gasteiger partial charge in [-0.3, -0.25) is 0 Å². The zero-order valence-corrected chi connectivity index (χ0v) is 82.4. The van der Waals surface area contributed by atoms with Gasteiger partial charge < -0.3 is 31.2 Å². The van der Waals surface area contributed by atoms with Crippen LogP contribution in [0.3, 0.4) is 0 Å². The predicted octanol–water partition coefficient (Wildman–Crippen LogP) is 21.6. The molecule has 20 aromatic rings. The van der Waals surface area contributed by atoms with Crippen molar-refractivity contribution < 1.29 is 45.4 Å². The number of rotatable bonds is 15. The quantitative estimate of drug-likeness (QED) is 0.0172. The average molecular weight is 1940 g/mol. The minimum absolute atomic E-state index is 0. The van der Waals surface area contributed by atoms with Crippen LogP contribution in [0.15, 0.2) is 502 Å². The van der Waals surface area contributed by atoms with Crippen LogP contribution in [0.5, 0.6) is 0 Å². The van der Waals surface area contributed by atoms with E-state index in [1.54, 1.807) is 17.4 Å². The zero-order valence-electron chi connectivity index (χ0n) is 70.0. The summed E-state index contributed by atoms with van der Waals surface area (Å²) < 4.78 is 6.00. The van der Waals surface area contributed by atoms with Crippen molar-refractivity contribution in [1.29, 1.82) is 0 Å². The van der Waals surface area contributed by atoms with Gasteiger partial charge in [-0.05, 0) is 184 Å². The summed E-state index contributed by atoms with van der Waals surface area (Å²) in [6.45, 7) is 0.736. The number of benzene rings is 18. The molecule has 0 bridgehead atoms. The van der Waals surface area contributed by atoms with E-state index in [0.29, 0.717) is 5.46 Å². The van der Waals surface area contributed by atoms with Crippen molar-refractivity contribution in [1.82, 2.24) is 0 Å². The van der Waals surface area contributed by atoms with Crippen LogP contribution in [0.1, 0.15) is 0 Å². The van der Waals surface area contributed by atoms with Gasteiger partial charge >= 0.3 is 7.12 Å². The number of anilines is 2. The number of halogens is 1. The van der Waals surface area contributed by atoms with Gasteiger partial charge in [0.25, 0.3) is 0 Å². The molecule has 0 atom stereocenters. The van der Waals surface area contributed by atoms with E-state index in [1.165, 1.54) is 99.7 Å². The van der Waals surface area contributed by atoms with Gasteiger partial charge in [0.1, 0.15) is 0 Å². The van der Waals surface area contributed by atoms with Gasteiger partial charge in [0.05, 0.1) is 0 Å². The fourth-order valence-electron chi connectivity index (χ4n) is 13.9. The minimum Gasteiger partial charge on any atom is -0.509 e. The van der Waals surface area contributed by atoms with Crippen LogP contribution >= 0.6 is 70.3 Å². The third-order valence-electron chi connectivity index (χ3n) is 19.4. The first kappa shape index (κ1) is 99.4. The van der Waals surface area contributed by atoms with E-state index in [2.05, 4.69) is 439 Å². The fourth-order valence-corrected chi connectivity index (χ4v) is 25.6. The van der Waals surface area contributed by atoms with Crippen molar-refractivity contribution in [3.8, 4) is 11.1 Å². The summed E-state index contributed by atoms with van der Waals surface area (Å²) in [7, 11) is -3.20. The van der Waals surface area contributed by atoms with Gasteiger partial charge in [-0.25, -0.2) is 5.26 Å². The Morgan fingerprint density at radius 2 is 0.472 bits per heavy atom. The number of nitrogen functional groups attached to an aromatic ring is 2. The molecule has 0 spiro atoms. The van der Waals surface area contributed by atoms with E-state index in [0.717, 1.165) is 37.8 Å². The molecule has 20 rings (SSSR count). The molecule has 2 aromatic heterocycles. The molecule has 0 amide bonds. The topological polar surface area (TPSA) is 139 Å². The summed E-state index contributed by atoms with van der Waals surface area (Å²) in [4.78, 5) is 11.3. The van der Waals surface area contributed by atoms with Crippen LogP contribution in [0.4, 0.5) is 11.4 Å². The van der Waals surface area contributed by atoms with E-state index in [-0.39, 0.29) is 79.5 Å². The van der Waals surface area contributed by atoms with Crippen LogP contribution in [-0.2, 0) is 30.1 Å². The van der Waals surface area contributed by atoms with E-state index in [9.17, 15) is 10.0 Å². The Morgan fingerprint density at radius 1 is 0.268 bits per heavy atom. The predicted molar refractivity (Wildman–Crippen MR) is 558 cm³/mol. The number of thiophene rings is 2. The van der Waals surface area contributed by atoms with E-state index in [4.69, 9.17) is 21.5 Å². The van der Waals surface area contributed by atoms with Gasteiger partial charge in [0.15, 0.2) is 0 Å². The molecule has 0 unspecified atom stereocenters. The molecule has 7 N–H and O–H groups in total. The number of hydrogen-bond acceptors (Lipinski definition) is 9. The summed E-state index contributed by atoms with van der Waals surface area (Å²) in [6.07, 6.45) is 0. The monoisotopic (exact) mass is 1940 g/mol. The van der Waals surface area contributed by atoms with Gasteiger partial charge in [-0.1, -0.05) is 453 Å². The maximum atomic E-state index is 9.36. The number of fused-ring (bicyclic) bond motifs is 6. The second-order valence-corrected chi connectivity index (χ2v) is 39.6. The van der Waals surface area contributed by atoms with Crippen molar-refractivity contribution >= 4 is 264 Å². The molecular weight excluding hydrogens is 1850 g/mol. The smallest absolute Gasteiger partial charge is 0.489 e. The number of carbonyl (C=O) groups excluding carboxylic acids is 1. The summed E-state index contributed by atoms with van der Waals surface area (Å²) in [5.74, 6) is 0. The maximum Gasteiger partial charge on any atom is 0.489 e. The Labute approximate surface area is 824 Å². The normalized spacial score (nSPS) is 10.2. The fraction of sp³-hybridized carbons (Fsp3) is 0. The SMILES string of the molecule is Nc1ccc(-c2cccc3sc4ccccc4c23)cc1.Nc1ccc(Br)cc1.O=[C-]OO.OB(O)c1cccc2sc3ccccc3c12.[Na].[Na].[Pd].c1ccc(P(c2ccccc2)c2ccccc2)cc1.c1ccc(P(c2ccccc2)c2ccccc2)cc1.c1ccc(P(c2ccccc2)c2ccccc2)cc1.c1ccc(P(c2ccccc2)c2ccccc2)cc1. The summed E-state index contributed by atoms with van der Waals surface area (Å²) >= 11 is 6.81. The number of nitrogens with two attached hydrogens (primary N) is 2. The van der Waals surface area contributed by atoms with Gasteiger partial charge in [0, 0.05) is 130 Å². The van der Waals surface area contributed by atoms with Gasteiger partial charge in [-0.2, -0.15) is 0 Å². The van der Waals surface area contributed by atoms with Crippen molar-refractivity contribution in [3.05, 3.63) is 502 Å². The molecule has 0 saturated carbocycles. The van der Waals surface area contributed by atoms with Crippen LogP contribution in [0.2, 0.25) is 0 Å². The molecule has 0 fully saturated rings. The Kier molecular flexibility index (Phi) is 42.2. The molecule has 2 heterocycles. The summed E-state index contributed by atoms with van der Waals surface area (Å²) in [5.41, 5.74) is 15.9. The van der Waals surface area contributed by atoms with Gasteiger partial charge in [-0.15, -0.1) is 22.7 Å². The molecule has 2 radical (unpaired) electrons. The molecule has 7 nitrogen and oxygen atoms in total. The van der Waals surface area contributed by atoms with E-state index < -0.39 is 38.8 Å². The molecule has 0 aliphatic carbocycles. The second kappa shape index (κ2) is 53.9. The first-order valence-corrected chi connectivity index (χ1v) is 47.9. The standard InChI is InChI=1S/C18H13NS.4C18H15P.C12H9BO2S.C6H6BrN.CHO3.2Na.Pd/c19-13-10-8-12(9-11-13)14-5-3-7-17-18(14)15-4-1-2-6-16(15)20-17;4*1-4-10-16(11-5-1)19(17-12-6-2-7-13-17)18-14-8-3-9-15-18;14-13(15)9-5-3-7-11-12(9)8-4-1-2-6-10(8)16-11;7-5-1-3-6(8)4-2-5;2-1-4-3;;;/h1-11H,19H2;4*1-15H;1-7,14-15H;1-4H,8H2;3H;;;/q;;;;;;;-1;;;. The van der Waals surface area contributed by atoms with Crippen molar-refractivity contribution in [3.63, 3.8) is 0 Å². The van der Waals surface area contributed by atoms with Crippen LogP contribution in [0.25, 0.3) is 51.5 Å². The van der Waals surface area contributed by atoms with Crippen molar-refractivity contribution in [2.24, 2.45) is 0 Å². The average Bonchev–Trinajstić information content (AvgIpc) is 1.62. The molecule has 620 valence electrons. The molecule has 18 aromatic carbocycles. The van der Waals surface area contributed by atoms with Crippen molar-refractivity contribution in [2.75, 3.05) is 11.5 Å². The Morgan fingerprint density at radius 3 is 0.709 bits per heavy atom. The second-order valence-electron chi connectivity index (χ2n) is 27.7. The minimum atomic E-state index is -1.42. The summed E-state index contributed by atoms with van der Waals surface area (Å²) in [5, 5.41) is 47.2. The first-order chi connectivity index (χ1) is 61.1. The Balaban J connectivity index is 0.000000154. The Hall–Kier alpha value is -9.72.